The molecule has 0 aromatic heterocycles. The van der Waals surface area contributed by atoms with E-state index < -0.39 is 0 Å². The van der Waals surface area contributed by atoms with Crippen LogP contribution in [0.5, 0.6) is 5.75 Å². The van der Waals surface area contributed by atoms with Crippen LogP contribution in [0.2, 0.25) is 0 Å². The molecule has 0 aliphatic rings. The molecule has 0 amide bonds. The number of carbonyl (C=O) groups is 1. The first-order valence-corrected chi connectivity index (χ1v) is 6.81. The molecule has 0 heterocycles. The normalized spacial score (nSPS) is 10.7. The maximum atomic E-state index is 11.2. The van der Waals surface area contributed by atoms with Crippen LogP contribution >= 0.6 is 15.9 Å². The highest BCUT2D eigenvalue weighted by molar-refractivity contribution is 9.10. The molecular weight excluding hydrogens is 296 g/mol. The molecule has 100 valence electrons. The van der Waals surface area contributed by atoms with E-state index in [-0.39, 0.29) is 5.78 Å². The number of ether oxygens (including phenoxy) is 2. The zero-order valence-electron chi connectivity index (χ0n) is 11.0. The fourth-order valence-corrected chi connectivity index (χ4v) is 1.86. The van der Waals surface area contributed by atoms with Crippen LogP contribution < -0.4 is 4.74 Å². The number of Topliss-reactive ketones (excluding diaryl/α,β-unsaturated/α-hetero) is 1. The number of benzene rings is 1. The molecule has 1 aromatic carbocycles. The Morgan fingerprint density at radius 1 is 1.33 bits per heavy atom. The second kappa shape index (κ2) is 7.54. The minimum atomic E-state index is 0.0440. The van der Waals surface area contributed by atoms with E-state index in [0.717, 1.165) is 16.8 Å². The van der Waals surface area contributed by atoms with Crippen molar-refractivity contribution in [3.63, 3.8) is 0 Å². The first-order valence-electron chi connectivity index (χ1n) is 6.01. The quantitative estimate of drug-likeness (QED) is 0.568. The van der Waals surface area contributed by atoms with Gasteiger partial charge in [-0.1, -0.05) is 13.8 Å². The number of hydrogen-bond acceptors (Lipinski definition) is 3. The lowest BCUT2D eigenvalue weighted by Crippen LogP contribution is -2.10. The highest BCUT2D eigenvalue weighted by Gasteiger charge is 2.05. The van der Waals surface area contributed by atoms with Gasteiger partial charge in [0, 0.05) is 12.2 Å². The Bertz CT molecular complexity index is 402. The van der Waals surface area contributed by atoms with Gasteiger partial charge in [-0.2, -0.15) is 0 Å². The van der Waals surface area contributed by atoms with Crippen LogP contribution in [-0.4, -0.2) is 25.6 Å². The number of ketones is 1. The van der Waals surface area contributed by atoms with Crippen molar-refractivity contribution in [2.75, 3.05) is 19.8 Å². The van der Waals surface area contributed by atoms with Gasteiger partial charge in [0.25, 0.3) is 0 Å². The Balaban J connectivity index is 2.41. The van der Waals surface area contributed by atoms with Crippen LogP contribution in [0.4, 0.5) is 0 Å². The lowest BCUT2D eigenvalue weighted by Gasteiger charge is -2.10. The third-order valence-corrected chi connectivity index (χ3v) is 2.89. The first kappa shape index (κ1) is 15.2. The van der Waals surface area contributed by atoms with E-state index in [1.807, 2.05) is 0 Å². The lowest BCUT2D eigenvalue weighted by atomic mass is 10.1. The van der Waals surface area contributed by atoms with Gasteiger partial charge >= 0.3 is 0 Å². The van der Waals surface area contributed by atoms with Gasteiger partial charge in [-0.25, -0.2) is 0 Å². The van der Waals surface area contributed by atoms with Gasteiger partial charge in [0.15, 0.2) is 5.78 Å². The summed E-state index contributed by atoms with van der Waals surface area (Å²) in [6.45, 7) is 7.58. The van der Waals surface area contributed by atoms with Crippen molar-refractivity contribution in [2.45, 2.75) is 20.8 Å². The summed E-state index contributed by atoms with van der Waals surface area (Å²) in [6, 6.07) is 5.33. The van der Waals surface area contributed by atoms with Gasteiger partial charge < -0.3 is 9.47 Å². The number of carbonyl (C=O) groups excluding carboxylic acids is 1. The molecule has 18 heavy (non-hydrogen) atoms. The standard InChI is InChI=1S/C14H19BrO3/c1-10(2)9-17-6-7-18-14-5-4-12(11(3)16)8-13(14)15/h4-5,8,10H,6-7,9H2,1-3H3. The minimum absolute atomic E-state index is 0.0440. The van der Waals surface area contributed by atoms with Crippen molar-refractivity contribution >= 4 is 21.7 Å². The topological polar surface area (TPSA) is 35.5 Å². The Kier molecular flexibility index (Phi) is 6.36. The van der Waals surface area contributed by atoms with Gasteiger partial charge in [-0.05, 0) is 47.0 Å². The molecule has 3 nitrogen and oxygen atoms in total. The van der Waals surface area contributed by atoms with E-state index in [1.165, 1.54) is 0 Å². The van der Waals surface area contributed by atoms with Crippen LogP contribution in [-0.2, 0) is 4.74 Å². The summed E-state index contributed by atoms with van der Waals surface area (Å²) in [5.74, 6) is 1.31. The van der Waals surface area contributed by atoms with Crippen LogP contribution in [0.25, 0.3) is 0 Å². The van der Waals surface area contributed by atoms with E-state index in [4.69, 9.17) is 9.47 Å². The molecule has 0 aliphatic heterocycles. The maximum Gasteiger partial charge on any atom is 0.159 e. The Morgan fingerprint density at radius 3 is 2.61 bits per heavy atom. The van der Waals surface area contributed by atoms with Gasteiger partial charge in [0.05, 0.1) is 11.1 Å². The molecule has 1 rings (SSSR count). The summed E-state index contributed by atoms with van der Waals surface area (Å²) in [4.78, 5) is 11.2. The van der Waals surface area contributed by atoms with Gasteiger partial charge in [0.2, 0.25) is 0 Å². The highest BCUT2D eigenvalue weighted by atomic mass is 79.9. The number of hydrogen-bond donors (Lipinski definition) is 0. The average Bonchev–Trinajstić information content (AvgIpc) is 2.29. The number of rotatable bonds is 7. The van der Waals surface area contributed by atoms with Gasteiger partial charge in [-0.3, -0.25) is 4.79 Å². The molecule has 0 fully saturated rings. The van der Waals surface area contributed by atoms with Crippen molar-refractivity contribution in [1.29, 1.82) is 0 Å². The van der Waals surface area contributed by atoms with Crippen LogP contribution in [0.15, 0.2) is 22.7 Å². The van der Waals surface area contributed by atoms with E-state index >= 15 is 0 Å². The summed E-state index contributed by atoms with van der Waals surface area (Å²) < 4.78 is 11.8. The fourth-order valence-electron chi connectivity index (χ4n) is 1.37. The Hall–Kier alpha value is -0.870. The molecule has 0 bridgehead atoms. The van der Waals surface area contributed by atoms with Crippen LogP contribution in [0.3, 0.4) is 0 Å². The van der Waals surface area contributed by atoms with Crippen molar-refractivity contribution in [2.24, 2.45) is 5.92 Å². The molecule has 0 radical (unpaired) electrons. The van der Waals surface area contributed by atoms with Crippen LogP contribution in [0.1, 0.15) is 31.1 Å². The smallest absolute Gasteiger partial charge is 0.159 e. The monoisotopic (exact) mass is 314 g/mol. The largest absolute Gasteiger partial charge is 0.490 e. The summed E-state index contributed by atoms with van der Waals surface area (Å²) in [5.41, 5.74) is 0.672. The summed E-state index contributed by atoms with van der Waals surface area (Å²) in [6.07, 6.45) is 0. The molecular formula is C14H19BrO3. The third-order valence-electron chi connectivity index (χ3n) is 2.27. The fraction of sp³-hybridized carbons (Fsp3) is 0.500. The Labute approximate surface area is 117 Å². The van der Waals surface area contributed by atoms with Crippen LogP contribution in [0, 0.1) is 5.92 Å². The highest BCUT2D eigenvalue weighted by Crippen LogP contribution is 2.26. The molecule has 0 N–H and O–H groups in total. The number of halogens is 1. The molecule has 0 saturated heterocycles. The van der Waals surface area contributed by atoms with E-state index in [1.54, 1.807) is 25.1 Å². The first-order chi connectivity index (χ1) is 8.50. The predicted octanol–water partition coefficient (Wildman–Crippen LogP) is 3.70. The second-order valence-electron chi connectivity index (χ2n) is 4.52. The summed E-state index contributed by atoms with van der Waals surface area (Å²) in [5, 5.41) is 0. The van der Waals surface area contributed by atoms with Gasteiger partial charge in [-0.15, -0.1) is 0 Å². The van der Waals surface area contributed by atoms with E-state index in [9.17, 15) is 4.79 Å². The molecule has 0 aliphatic carbocycles. The third kappa shape index (κ3) is 5.19. The van der Waals surface area contributed by atoms with E-state index in [0.29, 0.717) is 24.7 Å². The van der Waals surface area contributed by atoms with Crippen molar-refractivity contribution in [3.8, 4) is 5.75 Å². The molecule has 0 atom stereocenters. The average molecular weight is 315 g/mol. The SMILES string of the molecule is CC(=O)c1ccc(OCCOCC(C)C)c(Br)c1. The zero-order chi connectivity index (χ0) is 13.5. The van der Waals surface area contributed by atoms with Crippen molar-refractivity contribution < 1.29 is 14.3 Å². The molecule has 4 heteroatoms. The maximum absolute atomic E-state index is 11.2. The Morgan fingerprint density at radius 2 is 2.06 bits per heavy atom. The molecule has 0 saturated carbocycles. The lowest BCUT2D eigenvalue weighted by molar-refractivity contribution is 0.0817. The molecule has 1 aromatic rings. The summed E-state index contributed by atoms with van der Waals surface area (Å²) >= 11 is 3.39. The minimum Gasteiger partial charge on any atom is -0.490 e. The van der Waals surface area contributed by atoms with Crippen molar-refractivity contribution in [1.82, 2.24) is 0 Å². The van der Waals surface area contributed by atoms with E-state index in [2.05, 4.69) is 29.8 Å². The summed E-state index contributed by atoms with van der Waals surface area (Å²) in [7, 11) is 0. The predicted molar refractivity (Wildman–Crippen MR) is 75.3 cm³/mol. The van der Waals surface area contributed by atoms with Gasteiger partial charge in [0.1, 0.15) is 12.4 Å². The molecule has 0 unspecified atom stereocenters. The molecule has 0 spiro atoms. The zero-order valence-corrected chi connectivity index (χ0v) is 12.6. The second-order valence-corrected chi connectivity index (χ2v) is 5.37. The van der Waals surface area contributed by atoms with Crippen molar-refractivity contribution in [3.05, 3.63) is 28.2 Å².